The first-order valence-corrected chi connectivity index (χ1v) is 3.77. The molecule has 0 radical (unpaired) electrons. The Labute approximate surface area is 56.2 Å². The molecule has 0 saturated heterocycles. The summed E-state index contributed by atoms with van der Waals surface area (Å²) in [5.41, 5.74) is 0. The van der Waals surface area contributed by atoms with Crippen molar-refractivity contribution in [3.8, 4) is 0 Å². The third-order valence-corrected chi connectivity index (χ3v) is 2.02. The van der Waals surface area contributed by atoms with Crippen LogP contribution in [0.5, 0.6) is 0 Å². The van der Waals surface area contributed by atoms with Gasteiger partial charge < -0.3 is 0 Å². The van der Waals surface area contributed by atoms with Crippen molar-refractivity contribution in [2.24, 2.45) is 0 Å². The van der Waals surface area contributed by atoms with E-state index in [4.69, 9.17) is 11.6 Å². The van der Waals surface area contributed by atoms with Gasteiger partial charge in [0, 0.05) is 0 Å². The molecule has 0 amide bonds. The molecule has 0 bridgehead atoms. The molecule has 0 unspecified atom stereocenters. The summed E-state index contributed by atoms with van der Waals surface area (Å²) in [6.07, 6.45) is 7.74. The summed E-state index contributed by atoms with van der Waals surface area (Å²) in [4.78, 5) is 0. The highest BCUT2D eigenvalue weighted by Gasteiger charge is 2.18. The predicted octanol–water partition coefficient (Wildman–Crippen LogP) is 3.11. The van der Waals surface area contributed by atoms with Crippen molar-refractivity contribution in [3.63, 3.8) is 0 Å². The maximum atomic E-state index is 5.84. The Morgan fingerprint density at radius 1 is 0.875 bits per heavy atom. The molecule has 0 aromatic carbocycles. The number of hydrogen-bond acceptors (Lipinski definition) is 0. The maximum absolute atomic E-state index is 5.84. The zero-order valence-corrected chi connectivity index (χ0v) is 5.88. The highest BCUT2D eigenvalue weighted by Crippen LogP contribution is 2.26. The van der Waals surface area contributed by atoms with E-state index in [0.29, 0.717) is 0 Å². The van der Waals surface area contributed by atoms with Gasteiger partial charge in [-0.25, -0.2) is 0 Å². The molecule has 0 nitrogen and oxygen atoms in total. The van der Waals surface area contributed by atoms with Crippen LogP contribution < -0.4 is 0 Å². The average molecular weight is 132 g/mol. The van der Waals surface area contributed by atoms with Crippen LogP contribution in [0.3, 0.4) is 0 Å². The molecule has 0 atom stereocenters. The molecule has 0 heterocycles. The molecular formula is C7H12Cl+. The Balaban J connectivity index is 2.17. The van der Waals surface area contributed by atoms with Crippen molar-refractivity contribution >= 4 is 11.6 Å². The summed E-state index contributed by atoms with van der Waals surface area (Å²) in [6.45, 7) is 0. The van der Waals surface area contributed by atoms with Gasteiger partial charge in [0.05, 0.1) is 0 Å². The zero-order valence-electron chi connectivity index (χ0n) is 5.12. The molecule has 8 heavy (non-hydrogen) atoms. The fourth-order valence-corrected chi connectivity index (χ4v) is 1.38. The van der Waals surface area contributed by atoms with Gasteiger partial charge >= 0.3 is 0 Å². The van der Waals surface area contributed by atoms with Gasteiger partial charge in [0.15, 0.2) is 5.38 Å². The van der Waals surface area contributed by atoms with Gasteiger partial charge in [-0.3, -0.25) is 0 Å². The largest absolute Gasteiger partial charge is 0.199 e. The van der Waals surface area contributed by atoms with Crippen molar-refractivity contribution in [1.29, 1.82) is 0 Å². The fraction of sp³-hybridized carbons (Fsp3) is 0.857. The monoisotopic (exact) mass is 131 g/mol. The topological polar surface area (TPSA) is 0 Å². The SMILES string of the molecule is Cl[C+]1CCCCCC1. The molecule has 0 spiro atoms. The lowest BCUT2D eigenvalue weighted by Gasteiger charge is -1.85. The molecule has 0 aromatic heterocycles. The van der Waals surface area contributed by atoms with E-state index in [1.54, 1.807) is 0 Å². The minimum absolute atomic E-state index is 1.17. The summed E-state index contributed by atoms with van der Waals surface area (Å²) in [6, 6.07) is 0. The first kappa shape index (κ1) is 6.28. The van der Waals surface area contributed by atoms with Gasteiger partial charge in [0.1, 0.15) is 24.4 Å². The predicted molar refractivity (Wildman–Crippen MR) is 36.8 cm³/mol. The maximum Gasteiger partial charge on any atom is 0.199 e. The van der Waals surface area contributed by atoms with Crippen molar-refractivity contribution < 1.29 is 0 Å². The van der Waals surface area contributed by atoms with E-state index in [0.717, 1.165) is 0 Å². The third kappa shape index (κ3) is 1.95. The molecular weight excluding hydrogens is 120 g/mol. The molecule has 1 rings (SSSR count). The summed E-state index contributed by atoms with van der Waals surface area (Å²) >= 11 is 5.84. The lowest BCUT2D eigenvalue weighted by molar-refractivity contribution is 0.702. The second kappa shape index (κ2) is 3.24. The van der Waals surface area contributed by atoms with Crippen LogP contribution in [0.15, 0.2) is 0 Å². The fourth-order valence-electron chi connectivity index (χ4n) is 1.11. The summed E-state index contributed by atoms with van der Waals surface area (Å²) in [5.74, 6) is 0. The Bertz CT molecular complexity index is 53.4. The molecule has 46 valence electrons. The van der Waals surface area contributed by atoms with Gasteiger partial charge in [-0.1, -0.05) is 0 Å². The van der Waals surface area contributed by atoms with Crippen LogP contribution in [0.2, 0.25) is 0 Å². The van der Waals surface area contributed by atoms with Gasteiger partial charge in [-0.05, 0) is 25.7 Å². The van der Waals surface area contributed by atoms with Crippen molar-refractivity contribution in [2.75, 3.05) is 0 Å². The number of rotatable bonds is 0. The molecule has 1 fully saturated rings. The van der Waals surface area contributed by atoms with Crippen LogP contribution >= 0.6 is 11.6 Å². The average Bonchev–Trinajstić information content (AvgIpc) is 1.94. The van der Waals surface area contributed by atoms with Gasteiger partial charge in [-0.2, -0.15) is 0 Å². The van der Waals surface area contributed by atoms with Crippen molar-refractivity contribution in [3.05, 3.63) is 5.38 Å². The Morgan fingerprint density at radius 2 is 1.38 bits per heavy atom. The minimum Gasteiger partial charge on any atom is -0.0490 e. The van der Waals surface area contributed by atoms with Crippen LogP contribution in [0.25, 0.3) is 0 Å². The molecule has 1 aliphatic rings. The van der Waals surface area contributed by atoms with Crippen LogP contribution in [0.4, 0.5) is 0 Å². The molecule has 0 aromatic rings. The van der Waals surface area contributed by atoms with Gasteiger partial charge in [0.2, 0.25) is 0 Å². The molecule has 1 saturated carbocycles. The van der Waals surface area contributed by atoms with Crippen LogP contribution in [0, 0.1) is 5.38 Å². The van der Waals surface area contributed by atoms with E-state index in [-0.39, 0.29) is 0 Å². The molecule has 0 N–H and O–H groups in total. The second-order valence-electron chi connectivity index (χ2n) is 2.43. The smallest absolute Gasteiger partial charge is 0.0490 e. The van der Waals surface area contributed by atoms with E-state index < -0.39 is 0 Å². The molecule has 1 aliphatic carbocycles. The Morgan fingerprint density at radius 3 is 1.88 bits per heavy atom. The lowest BCUT2D eigenvalue weighted by atomic mass is 10.2. The van der Waals surface area contributed by atoms with E-state index >= 15 is 0 Å². The third-order valence-electron chi connectivity index (χ3n) is 1.65. The van der Waals surface area contributed by atoms with Crippen LogP contribution in [-0.2, 0) is 0 Å². The lowest BCUT2D eigenvalue weighted by Crippen LogP contribution is -1.81. The Hall–Kier alpha value is 0.160. The van der Waals surface area contributed by atoms with Gasteiger partial charge in [-0.15, -0.1) is 0 Å². The number of hydrogen-bond donors (Lipinski definition) is 0. The van der Waals surface area contributed by atoms with E-state index in [9.17, 15) is 0 Å². The number of halogens is 1. The Kier molecular flexibility index (Phi) is 2.54. The van der Waals surface area contributed by atoms with Crippen molar-refractivity contribution in [1.82, 2.24) is 0 Å². The first-order chi connectivity index (χ1) is 3.89. The standard InChI is InChI=1S/C7H12Cl/c8-7-5-3-1-2-4-6-7/h1-6H2/q+1. The van der Waals surface area contributed by atoms with Crippen molar-refractivity contribution in [2.45, 2.75) is 38.5 Å². The second-order valence-corrected chi connectivity index (χ2v) is 2.97. The minimum atomic E-state index is 1.17. The molecule has 0 aliphatic heterocycles. The van der Waals surface area contributed by atoms with Crippen LogP contribution in [0.1, 0.15) is 38.5 Å². The zero-order chi connectivity index (χ0) is 5.82. The quantitative estimate of drug-likeness (QED) is 0.350. The first-order valence-electron chi connectivity index (χ1n) is 3.40. The summed E-state index contributed by atoms with van der Waals surface area (Å²) < 4.78 is 0. The summed E-state index contributed by atoms with van der Waals surface area (Å²) in [5, 5.41) is 1.20. The van der Waals surface area contributed by atoms with E-state index in [1.165, 1.54) is 43.9 Å². The van der Waals surface area contributed by atoms with E-state index in [2.05, 4.69) is 0 Å². The summed E-state index contributed by atoms with van der Waals surface area (Å²) in [7, 11) is 0. The van der Waals surface area contributed by atoms with E-state index in [1.807, 2.05) is 0 Å². The van der Waals surface area contributed by atoms with Crippen LogP contribution in [-0.4, -0.2) is 0 Å². The van der Waals surface area contributed by atoms with Gasteiger partial charge in [0.25, 0.3) is 0 Å². The normalized spacial score (nSPS) is 22.9. The highest BCUT2D eigenvalue weighted by atomic mass is 35.5. The highest BCUT2D eigenvalue weighted by molar-refractivity contribution is 6.26. The molecule has 1 heteroatoms.